The van der Waals surface area contributed by atoms with Crippen LogP contribution in [0.3, 0.4) is 0 Å². The van der Waals surface area contributed by atoms with Crippen LogP contribution in [0.4, 0.5) is 0 Å². The van der Waals surface area contributed by atoms with Gasteiger partial charge in [-0.2, -0.15) is 0 Å². The normalized spacial score (nSPS) is 34.3. The van der Waals surface area contributed by atoms with Crippen molar-refractivity contribution < 1.29 is 29.6 Å². The first kappa shape index (κ1) is 14.0. The van der Waals surface area contributed by atoms with Gasteiger partial charge in [-0.05, 0) is 0 Å². The van der Waals surface area contributed by atoms with Crippen molar-refractivity contribution in [3.05, 3.63) is 24.0 Å². The minimum Gasteiger partial charge on any atom is -0.466 e. The molecule has 0 aromatic heterocycles. The number of allylic oxidation sites excluding steroid dienone is 1. The van der Waals surface area contributed by atoms with Gasteiger partial charge in [0.2, 0.25) is 0 Å². The van der Waals surface area contributed by atoms with Gasteiger partial charge in [0.15, 0.2) is 6.23 Å². The number of hydrogen-bond acceptors (Lipinski definition) is 7. The van der Waals surface area contributed by atoms with Gasteiger partial charge in [-0.25, -0.2) is 4.79 Å². The molecule has 0 bridgehead atoms. The summed E-state index contributed by atoms with van der Waals surface area (Å²) in [5.41, 5.74) is 0.419. The van der Waals surface area contributed by atoms with E-state index in [0.29, 0.717) is 12.0 Å². The summed E-state index contributed by atoms with van der Waals surface area (Å²) in [6.07, 6.45) is 1.28. The van der Waals surface area contributed by atoms with E-state index in [1.807, 2.05) is 0 Å². The Labute approximate surface area is 110 Å². The standard InChI is InChI=1S/C12H17NO6/c1-18-12(17)7-3-2-4-13(5-7)11-10(16)9(15)8(6-14)19-11/h2,4-5,8-11,14-16H,3,6H2,1H3/t8-,9?,10?,11-/m1/s1. The van der Waals surface area contributed by atoms with Gasteiger partial charge in [-0.3, -0.25) is 0 Å². The predicted molar refractivity (Wildman–Crippen MR) is 63.5 cm³/mol. The third-order valence-electron chi connectivity index (χ3n) is 3.18. The molecule has 0 aliphatic carbocycles. The molecular formula is C12H17NO6. The van der Waals surface area contributed by atoms with Crippen LogP contribution in [0.25, 0.3) is 0 Å². The highest BCUT2D eigenvalue weighted by atomic mass is 16.6. The van der Waals surface area contributed by atoms with Gasteiger partial charge in [-0.1, -0.05) is 6.08 Å². The molecule has 2 aliphatic rings. The molecule has 0 aromatic rings. The van der Waals surface area contributed by atoms with E-state index >= 15 is 0 Å². The fourth-order valence-electron chi connectivity index (χ4n) is 2.13. The van der Waals surface area contributed by atoms with Crippen molar-refractivity contribution in [2.45, 2.75) is 31.0 Å². The maximum Gasteiger partial charge on any atom is 0.335 e. The molecule has 2 rings (SSSR count). The SMILES string of the molecule is COC(=O)C1=CN([C@@H]2O[C@H](CO)C(O)C2O)C=CC1. The summed E-state index contributed by atoms with van der Waals surface area (Å²) in [6, 6.07) is 0. The number of carbonyl (C=O) groups is 1. The summed E-state index contributed by atoms with van der Waals surface area (Å²) < 4.78 is 9.99. The Balaban J connectivity index is 2.14. The minimum atomic E-state index is -1.17. The van der Waals surface area contributed by atoms with Gasteiger partial charge < -0.3 is 29.7 Å². The van der Waals surface area contributed by atoms with Crippen LogP contribution in [-0.2, 0) is 14.3 Å². The molecule has 7 nitrogen and oxygen atoms in total. The Kier molecular flexibility index (Phi) is 4.20. The number of aliphatic hydroxyl groups excluding tert-OH is 3. The summed E-state index contributed by atoms with van der Waals surface area (Å²) >= 11 is 0. The Morgan fingerprint density at radius 2 is 2.26 bits per heavy atom. The highest BCUT2D eigenvalue weighted by molar-refractivity contribution is 5.88. The third-order valence-corrected chi connectivity index (χ3v) is 3.18. The predicted octanol–water partition coefficient (Wildman–Crippen LogP) is -1.30. The number of aliphatic hydroxyl groups is 3. The smallest absolute Gasteiger partial charge is 0.335 e. The first-order chi connectivity index (χ1) is 9.08. The average Bonchev–Trinajstić information content (AvgIpc) is 2.74. The van der Waals surface area contributed by atoms with E-state index in [4.69, 9.17) is 9.84 Å². The van der Waals surface area contributed by atoms with Crippen LogP contribution in [0.2, 0.25) is 0 Å². The lowest BCUT2D eigenvalue weighted by Gasteiger charge is -2.28. The average molecular weight is 271 g/mol. The van der Waals surface area contributed by atoms with Crippen LogP contribution < -0.4 is 0 Å². The number of hydrogen-bond donors (Lipinski definition) is 3. The zero-order valence-corrected chi connectivity index (χ0v) is 10.5. The van der Waals surface area contributed by atoms with Crippen molar-refractivity contribution in [1.82, 2.24) is 4.90 Å². The maximum absolute atomic E-state index is 11.4. The van der Waals surface area contributed by atoms with Crippen molar-refractivity contribution >= 4 is 5.97 Å². The number of nitrogens with zero attached hydrogens (tertiary/aromatic N) is 1. The Morgan fingerprint density at radius 3 is 2.84 bits per heavy atom. The summed E-state index contributed by atoms with van der Waals surface area (Å²) in [7, 11) is 1.29. The van der Waals surface area contributed by atoms with Crippen molar-refractivity contribution in [2.75, 3.05) is 13.7 Å². The van der Waals surface area contributed by atoms with Gasteiger partial charge >= 0.3 is 5.97 Å². The zero-order valence-electron chi connectivity index (χ0n) is 10.5. The number of rotatable bonds is 3. The van der Waals surface area contributed by atoms with Gasteiger partial charge in [0.05, 0.1) is 19.3 Å². The maximum atomic E-state index is 11.4. The van der Waals surface area contributed by atoms with Crippen LogP contribution in [0.5, 0.6) is 0 Å². The molecule has 2 aliphatic heterocycles. The quantitative estimate of drug-likeness (QED) is 0.549. The highest BCUT2D eigenvalue weighted by Gasteiger charge is 2.44. The molecule has 0 saturated carbocycles. The van der Waals surface area contributed by atoms with Crippen molar-refractivity contribution in [3.63, 3.8) is 0 Å². The Bertz CT molecular complexity index is 407. The number of esters is 1. The van der Waals surface area contributed by atoms with Crippen LogP contribution in [-0.4, -0.2) is 64.4 Å². The van der Waals surface area contributed by atoms with E-state index in [1.165, 1.54) is 18.2 Å². The van der Waals surface area contributed by atoms with Gasteiger partial charge in [0.1, 0.15) is 18.3 Å². The van der Waals surface area contributed by atoms with Crippen LogP contribution in [0, 0.1) is 0 Å². The molecular weight excluding hydrogens is 254 g/mol. The Morgan fingerprint density at radius 1 is 1.53 bits per heavy atom. The molecule has 1 fully saturated rings. The molecule has 0 aromatic carbocycles. The number of carbonyl (C=O) groups excluding carboxylic acids is 1. The largest absolute Gasteiger partial charge is 0.466 e. The zero-order chi connectivity index (χ0) is 14.0. The molecule has 19 heavy (non-hydrogen) atoms. The lowest BCUT2D eigenvalue weighted by atomic mass is 10.1. The first-order valence-electron chi connectivity index (χ1n) is 5.94. The Hall–Kier alpha value is -1.41. The summed E-state index contributed by atoms with van der Waals surface area (Å²) in [5.74, 6) is -0.457. The molecule has 4 atom stereocenters. The molecule has 106 valence electrons. The van der Waals surface area contributed by atoms with E-state index in [0.717, 1.165) is 0 Å². The lowest BCUT2D eigenvalue weighted by Crippen LogP contribution is -2.40. The van der Waals surface area contributed by atoms with E-state index in [-0.39, 0.29) is 6.61 Å². The van der Waals surface area contributed by atoms with Crippen LogP contribution in [0.15, 0.2) is 24.0 Å². The van der Waals surface area contributed by atoms with Crippen LogP contribution in [0.1, 0.15) is 6.42 Å². The van der Waals surface area contributed by atoms with E-state index in [2.05, 4.69) is 4.74 Å². The fourth-order valence-corrected chi connectivity index (χ4v) is 2.13. The second-order valence-corrected chi connectivity index (χ2v) is 4.41. The van der Waals surface area contributed by atoms with Gasteiger partial charge in [0, 0.05) is 18.8 Å². The fraction of sp³-hybridized carbons (Fsp3) is 0.583. The van der Waals surface area contributed by atoms with Crippen molar-refractivity contribution in [1.29, 1.82) is 0 Å². The molecule has 2 unspecified atom stereocenters. The van der Waals surface area contributed by atoms with Gasteiger partial charge in [-0.15, -0.1) is 0 Å². The van der Waals surface area contributed by atoms with E-state index in [1.54, 1.807) is 12.3 Å². The van der Waals surface area contributed by atoms with E-state index in [9.17, 15) is 15.0 Å². The molecule has 3 N–H and O–H groups in total. The molecule has 1 saturated heterocycles. The molecule has 0 spiro atoms. The molecule has 0 amide bonds. The molecule has 0 radical (unpaired) electrons. The number of ether oxygens (including phenoxy) is 2. The second-order valence-electron chi connectivity index (χ2n) is 4.41. The van der Waals surface area contributed by atoms with Crippen LogP contribution >= 0.6 is 0 Å². The van der Waals surface area contributed by atoms with Crippen molar-refractivity contribution in [2.24, 2.45) is 0 Å². The lowest BCUT2D eigenvalue weighted by molar-refractivity contribution is -0.136. The molecule has 2 heterocycles. The highest BCUT2D eigenvalue weighted by Crippen LogP contribution is 2.27. The third kappa shape index (κ3) is 2.64. The van der Waals surface area contributed by atoms with E-state index < -0.39 is 30.5 Å². The summed E-state index contributed by atoms with van der Waals surface area (Å²) in [6.45, 7) is -0.389. The second kappa shape index (κ2) is 5.70. The van der Waals surface area contributed by atoms with Crippen molar-refractivity contribution in [3.8, 4) is 0 Å². The minimum absolute atomic E-state index is 0.389. The van der Waals surface area contributed by atoms with Gasteiger partial charge in [0.25, 0.3) is 0 Å². The summed E-state index contributed by atoms with van der Waals surface area (Å²) in [4.78, 5) is 12.9. The topological polar surface area (TPSA) is 99.5 Å². The monoisotopic (exact) mass is 271 g/mol. The molecule has 7 heteroatoms. The summed E-state index contributed by atoms with van der Waals surface area (Å²) in [5, 5.41) is 28.6. The number of methoxy groups -OCH3 is 1. The first-order valence-corrected chi connectivity index (χ1v) is 5.94.